The second kappa shape index (κ2) is 11.0. The molecule has 0 spiro atoms. The summed E-state index contributed by atoms with van der Waals surface area (Å²) >= 11 is 0. The monoisotopic (exact) mass is 423 g/mol. The minimum absolute atomic E-state index is 0.0234. The molecule has 1 atom stereocenters. The number of phenolic OH excluding ortho intramolecular Hbond substituents is 1. The van der Waals surface area contributed by atoms with Gasteiger partial charge in [-0.15, -0.1) is 0 Å². The topological polar surface area (TPSA) is 97.4 Å². The van der Waals surface area contributed by atoms with Crippen molar-refractivity contribution in [3.8, 4) is 5.75 Å². The van der Waals surface area contributed by atoms with E-state index in [4.69, 9.17) is 0 Å². The first-order valence-corrected chi connectivity index (χ1v) is 11.0. The number of aryl methyl sites for hydroxylation is 1. The molecule has 6 heteroatoms. The van der Waals surface area contributed by atoms with Crippen molar-refractivity contribution in [1.29, 1.82) is 0 Å². The van der Waals surface area contributed by atoms with E-state index in [2.05, 4.69) is 53.7 Å². The van der Waals surface area contributed by atoms with E-state index in [0.717, 1.165) is 49.0 Å². The Morgan fingerprint density at radius 3 is 2.48 bits per heavy atom. The van der Waals surface area contributed by atoms with Crippen LogP contribution in [-0.4, -0.2) is 34.9 Å². The molecule has 1 unspecified atom stereocenters. The van der Waals surface area contributed by atoms with Crippen molar-refractivity contribution in [2.45, 2.75) is 39.2 Å². The smallest absolute Gasteiger partial charge is 0.248 e. The van der Waals surface area contributed by atoms with Gasteiger partial charge in [0.2, 0.25) is 5.56 Å². The molecule has 1 heterocycles. The van der Waals surface area contributed by atoms with Crippen LogP contribution in [0.4, 0.5) is 5.69 Å². The van der Waals surface area contributed by atoms with Crippen LogP contribution in [0.3, 0.4) is 0 Å². The average Bonchev–Trinajstić information content (AvgIpc) is 2.76. The van der Waals surface area contributed by atoms with Crippen LogP contribution in [0.5, 0.6) is 5.75 Å². The van der Waals surface area contributed by atoms with Gasteiger partial charge in [-0.05, 0) is 67.1 Å². The Hall–Kier alpha value is -2.83. The molecular weight excluding hydrogens is 390 g/mol. The third-order valence-electron chi connectivity index (χ3n) is 5.50. The third kappa shape index (κ3) is 6.32. The molecule has 0 fully saturated rings. The number of aromatic nitrogens is 1. The highest BCUT2D eigenvalue weighted by Crippen LogP contribution is 2.28. The van der Waals surface area contributed by atoms with Gasteiger partial charge in [-0.1, -0.05) is 32.0 Å². The van der Waals surface area contributed by atoms with Crippen LogP contribution in [0, 0.1) is 5.92 Å². The molecule has 0 aliphatic carbocycles. The summed E-state index contributed by atoms with van der Waals surface area (Å²) in [4.78, 5) is 14.3. The highest BCUT2D eigenvalue weighted by atomic mass is 16.3. The molecule has 0 aliphatic rings. The number of benzene rings is 2. The summed E-state index contributed by atoms with van der Waals surface area (Å²) < 4.78 is 0. The molecule has 1 aromatic heterocycles. The maximum atomic E-state index is 11.6. The molecule has 31 heavy (non-hydrogen) atoms. The van der Waals surface area contributed by atoms with Crippen molar-refractivity contribution in [3.05, 3.63) is 70.0 Å². The molecule has 0 amide bonds. The fourth-order valence-electron chi connectivity index (χ4n) is 3.70. The number of H-pyrrole nitrogens is 1. The molecule has 2 aromatic carbocycles. The fourth-order valence-corrected chi connectivity index (χ4v) is 3.70. The zero-order valence-electron chi connectivity index (χ0n) is 18.3. The Balaban J connectivity index is 1.53. The molecule has 0 aliphatic heterocycles. The predicted octanol–water partition coefficient (Wildman–Crippen LogP) is 3.95. The lowest BCUT2D eigenvalue weighted by molar-refractivity contribution is 0.245. The molecule has 5 N–H and O–H groups in total. The van der Waals surface area contributed by atoms with Crippen LogP contribution in [0.15, 0.2) is 53.3 Å². The first kappa shape index (κ1) is 22.8. The van der Waals surface area contributed by atoms with Crippen molar-refractivity contribution in [2.24, 2.45) is 5.92 Å². The van der Waals surface area contributed by atoms with E-state index in [-0.39, 0.29) is 24.0 Å². The second-order valence-electron chi connectivity index (χ2n) is 8.38. The number of hydrogen-bond acceptors (Lipinski definition) is 5. The van der Waals surface area contributed by atoms with Gasteiger partial charge in [-0.3, -0.25) is 4.79 Å². The molecule has 3 rings (SSSR count). The molecule has 0 saturated carbocycles. The van der Waals surface area contributed by atoms with E-state index < -0.39 is 0 Å². The Labute approximate surface area is 183 Å². The Bertz CT molecular complexity index is 1030. The number of aromatic amines is 1. The lowest BCUT2D eigenvalue weighted by atomic mass is 10.0. The minimum Gasteiger partial charge on any atom is -0.506 e. The summed E-state index contributed by atoms with van der Waals surface area (Å²) in [5.74, 6) is 0.721. The normalized spacial score (nSPS) is 12.4. The summed E-state index contributed by atoms with van der Waals surface area (Å²) in [6.07, 6.45) is 3.04. The van der Waals surface area contributed by atoms with Gasteiger partial charge in [0, 0.05) is 23.7 Å². The van der Waals surface area contributed by atoms with Crippen LogP contribution < -0.4 is 16.2 Å². The van der Waals surface area contributed by atoms with Crippen molar-refractivity contribution < 1.29 is 10.2 Å². The van der Waals surface area contributed by atoms with E-state index in [1.165, 1.54) is 11.6 Å². The van der Waals surface area contributed by atoms with E-state index >= 15 is 0 Å². The maximum absolute atomic E-state index is 11.6. The molecular formula is C25H33N3O3. The van der Waals surface area contributed by atoms with Crippen LogP contribution >= 0.6 is 0 Å². The number of rotatable bonds is 11. The zero-order chi connectivity index (χ0) is 22.2. The SMILES string of the molecule is CC(C)CCNc1ccc(CCCNC(CO)c2ccc(O)c3[nH]c(=O)ccc23)cc1. The lowest BCUT2D eigenvalue weighted by Gasteiger charge is -2.19. The first-order chi connectivity index (χ1) is 15.0. The number of pyridine rings is 1. The summed E-state index contributed by atoms with van der Waals surface area (Å²) in [7, 11) is 0. The number of aromatic hydroxyl groups is 1. The molecule has 0 saturated heterocycles. The van der Waals surface area contributed by atoms with Crippen LogP contribution in [-0.2, 0) is 6.42 Å². The van der Waals surface area contributed by atoms with E-state index in [1.807, 2.05) is 0 Å². The van der Waals surface area contributed by atoms with Crippen molar-refractivity contribution >= 4 is 16.6 Å². The number of fused-ring (bicyclic) bond motifs is 1. The van der Waals surface area contributed by atoms with Gasteiger partial charge < -0.3 is 25.8 Å². The van der Waals surface area contributed by atoms with Gasteiger partial charge in [0.15, 0.2) is 0 Å². The first-order valence-electron chi connectivity index (χ1n) is 11.0. The zero-order valence-corrected chi connectivity index (χ0v) is 18.3. The van der Waals surface area contributed by atoms with Gasteiger partial charge in [0.25, 0.3) is 0 Å². The Kier molecular flexibility index (Phi) is 8.09. The largest absolute Gasteiger partial charge is 0.506 e. The summed E-state index contributed by atoms with van der Waals surface area (Å²) in [5.41, 5.74) is 3.41. The van der Waals surface area contributed by atoms with Crippen molar-refractivity contribution in [1.82, 2.24) is 10.3 Å². The van der Waals surface area contributed by atoms with Gasteiger partial charge in [-0.2, -0.15) is 0 Å². The predicted molar refractivity (Wildman–Crippen MR) is 127 cm³/mol. The van der Waals surface area contributed by atoms with Gasteiger partial charge in [0.05, 0.1) is 18.2 Å². The van der Waals surface area contributed by atoms with E-state index in [0.29, 0.717) is 11.4 Å². The fraction of sp³-hybridized carbons (Fsp3) is 0.400. The molecule has 0 bridgehead atoms. The van der Waals surface area contributed by atoms with Crippen molar-refractivity contribution in [3.63, 3.8) is 0 Å². The standard InChI is InChI=1S/C25H33N3O3/c1-17(2)13-15-26-19-7-5-18(6-8-19)4-3-14-27-22(16-29)20-9-11-23(30)25-21(20)10-12-24(31)28-25/h5-12,17,22,26-27,29-30H,3-4,13-16H2,1-2H3,(H,28,31). The second-order valence-corrected chi connectivity index (χ2v) is 8.38. The van der Waals surface area contributed by atoms with E-state index in [9.17, 15) is 15.0 Å². The number of aliphatic hydroxyl groups is 1. The van der Waals surface area contributed by atoms with E-state index in [1.54, 1.807) is 18.2 Å². The van der Waals surface area contributed by atoms with Gasteiger partial charge in [-0.25, -0.2) is 0 Å². The van der Waals surface area contributed by atoms with Crippen LogP contribution in [0.25, 0.3) is 10.9 Å². The Morgan fingerprint density at radius 1 is 1.00 bits per heavy atom. The quantitative estimate of drug-likeness (QED) is 0.301. The third-order valence-corrected chi connectivity index (χ3v) is 5.50. The molecule has 6 nitrogen and oxygen atoms in total. The number of anilines is 1. The summed E-state index contributed by atoms with van der Waals surface area (Å²) in [5, 5.41) is 27.5. The summed E-state index contributed by atoms with van der Waals surface area (Å²) in [6.45, 7) is 6.11. The summed E-state index contributed by atoms with van der Waals surface area (Å²) in [6, 6.07) is 14.7. The molecule has 166 valence electrons. The van der Waals surface area contributed by atoms with Gasteiger partial charge in [0.1, 0.15) is 5.75 Å². The number of phenols is 1. The Morgan fingerprint density at radius 2 is 1.77 bits per heavy atom. The highest BCUT2D eigenvalue weighted by molar-refractivity contribution is 5.87. The minimum atomic E-state index is -0.276. The van der Waals surface area contributed by atoms with Crippen LogP contribution in [0.2, 0.25) is 0 Å². The average molecular weight is 424 g/mol. The van der Waals surface area contributed by atoms with Crippen LogP contribution in [0.1, 0.15) is 43.9 Å². The highest BCUT2D eigenvalue weighted by Gasteiger charge is 2.15. The number of nitrogens with one attached hydrogen (secondary N) is 3. The lowest BCUT2D eigenvalue weighted by Crippen LogP contribution is -2.26. The van der Waals surface area contributed by atoms with Crippen molar-refractivity contribution in [2.75, 3.05) is 25.0 Å². The molecule has 0 radical (unpaired) electrons. The number of hydrogen-bond donors (Lipinski definition) is 5. The van der Waals surface area contributed by atoms with Gasteiger partial charge >= 0.3 is 0 Å². The molecule has 3 aromatic rings. The maximum Gasteiger partial charge on any atom is 0.248 e. The number of aliphatic hydroxyl groups excluding tert-OH is 1.